The minimum atomic E-state index is 0.0347. The van der Waals surface area contributed by atoms with Gasteiger partial charge in [-0.25, -0.2) is 0 Å². The maximum Gasteiger partial charge on any atom is 0.176 e. The summed E-state index contributed by atoms with van der Waals surface area (Å²) in [5.41, 5.74) is 0.635. The van der Waals surface area contributed by atoms with Crippen molar-refractivity contribution < 1.29 is 14.3 Å². The van der Waals surface area contributed by atoms with Gasteiger partial charge in [-0.2, -0.15) is 0 Å². The molecule has 18 heavy (non-hydrogen) atoms. The number of Topliss-reactive ketones (excluding diaryl/α,β-unsaturated/α-hetero) is 1. The van der Waals surface area contributed by atoms with E-state index >= 15 is 0 Å². The van der Waals surface area contributed by atoms with Crippen molar-refractivity contribution >= 4 is 5.78 Å². The van der Waals surface area contributed by atoms with Crippen LogP contribution in [0.5, 0.6) is 11.5 Å². The molecule has 0 fully saturated rings. The van der Waals surface area contributed by atoms with Gasteiger partial charge in [0.1, 0.15) is 0 Å². The predicted octanol–water partition coefficient (Wildman–Crippen LogP) is 1.81. The van der Waals surface area contributed by atoms with E-state index in [1.54, 1.807) is 24.3 Å². The molecular formula is C14H17NO3. The lowest BCUT2D eigenvalue weighted by Crippen LogP contribution is -2.22. The molecule has 0 saturated carbocycles. The molecule has 1 aromatic carbocycles. The Balaban J connectivity index is 2.07. The Morgan fingerprint density at radius 2 is 2.11 bits per heavy atom. The first kappa shape index (κ1) is 12.6. The minimum absolute atomic E-state index is 0.0347. The number of benzene rings is 1. The van der Waals surface area contributed by atoms with Gasteiger partial charge in [-0.3, -0.25) is 4.79 Å². The molecule has 0 saturated heterocycles. The van der Waals surface area contributed by atoms with Crippen LogP contribution in [0.1, 0.15) is 16.8 Å². The van der Waals surface area contributed by atoms with Gasteiger partial charge in [0.05, 0.1) is 19.8 Å². The fourth-order valence-corrected chi connectivity index (χ4v) is 1.73. The molecule has 0 bridgehead atoms. The fourth-order valence-electron chi connectivity index (χ4n) is 1.73. The van der Waals surface area contributed by atoms with Gasteiger partial charge < -0.3 is 14.8 Å². The first-order valence-electron chi connectivity index (χ1n) is 6.05. The highest BCUT2D eigenvalue weighted by Gasteiger charge is 2.13. The zero-order valence-corrected chi connectivity index (χ0v) is 10.3. The third-order valence-electron chi connectivity index (χ3n) is 2.64. The Labute approximate surface area is 107 Å². The highest BCUT2D eigenvalue weighted by molar-refractivity contribution is 5.98. The molecule has 1 aliphatic rings. The van der Waals surface area contributed by atoms with Crippen LogP contribution in [0.4, 0.5) is 0 Å². The number of hydrogen-bond donors (Lipinski definition) is 1. The molecule has 0 amide bonds. The molecule has 4 heteroatoms. The van der Waals surface area contributed by atoms with Crippen molar-refractivity contribution in [2.45, 2.75) is 6.42 Å². The monoisotopic (exact) mass is 247 g/mol. The number of nitrogens with one attached hydrogen (secondary N) is 1. The number of fused-ring (bicyclic) bond motifs is 1. The number of ketones is 1. The Morgan fingerprint density at radius 3 is 2.89 bits per heavy atom. The maximum absolute atomic E-state index is 11.9. The Bertz CT molecular complexity index is 443. The van der Waals surface area contributed by atoms with Crippen molar-refractivity contribution in [1.82, 2.24) is 5.32 Å². The molecule has 0 atom stereocenters. The molecule has 1 aromatic rings. The third kappa shape index (κ3) is 3.11. The van der Waals surface area contributed by atoms with Crippen LogP contribution in [-0.4, -0.2) is 32.1 Å². The summed E-state index contributed by atoms with van der Waals surface area (Å²) in [7, 11) is 0. The summed E-state index contributed by atoms with van der Waals surface area (Å²) in [5.74, 6) is 1.40. The molecule has 0 radical (unpaired) electrons. The van der Waals surface area contributed by atoms with Crippen molar-refractivity contribution in [3.05, 3.63) is 36.4 Å². The van der Waals surface area contributed by atoms with Gasteiger partial charge in [0, 0.05) is 18.5 Å². The summed E-state index contributed by atoms with van der Waals surface area (Å²) in [4.78, 5) is 11.9. The lowest BCUT2D eigenvalue weighted by atomic mass is 10.1. The topological polar surface area (TPSA) is 47.6 Å². The fraction of sp³-hybridized carbons (Fsp3) is 0.357. The van der Waals surface area contributed by atoms with Gasteiger partial charge in [-0.1, -0.05) is 6.08 Å². The van der Waals surface area contributed by atoms with Crippen LogP contribution in [0.25, 0.3) is 0 Å². The van der Waals surface area contributed by atoms with Crippen LogP contribution in [0.3, 0.4) is 0 Å². The van der Waals surface area contributed by atoms with Crippen molar-refractivity contribution in [1.29, 1.82) is 0 Å². The standard InChI is InChI=1S/C14H17NO3/c1-2-6-15-10-12(16)11-4-5-13-14(9-11)18-8-3-7-17-13/h2,4-5,9,15H,1,3,6-8,10H2. The molecule has 0 aliphatic carbocycles. The normalized spacial score (nSPS) is 13.8. The average Bonchev–Trinajstić information content (AvgIpc) is 2.63. The second-order valence-electron chi connectivity index (χ2n) is 4.05. The molecule has 0 unspecified atom stereocenters. The van der Waals surface area contributed by atoms with Crippen LogP contribution < -0.4 is 14.8 Å². The first-order valence-corrected chi connectivity index (χ1v) is 6.05. The van der Waals surface area contributed by atoms with Crippen LogP contribution in [0.2, 0.25) is 0 Å². The quantitative estimate of drug-likeness (QED) is 0.489. The lowest BCUT2D eigenvalue weighted by molar-refractivity contribution is 0.0992. The Morgan fingerprint density at radius 1 is 1.33 bits per heavy atom. The largest absolute Gasteiger partial charge is 0.490 e. The van der Waals surface area contributed by atoms with Crippen LogP contribution in [-0.2, 0) is 0 Å². The maximum atomic E-state index is 11.9. The van der Waals surface area contributed by atoms with E-state index in [2.05, 4.69) is 11.9 Å². The van der Waals surface area contributed by atoms with E-state index in [1.165, 1.54) is 0 Å². The SMILES string of the molecule is C=CCNCC(=O)c1ccc2c(c1)OCCCO2. The first-order chi connectivity index (χ1) is 8.81. The smallest absolute Gasteiger partial charge is 0.176 e. The van der Waals surface area contributed by atoms with Crippen LogP contribution in [0, 0.1) is 0 Å². The Hall–Kier alpha value is -1.81. The number of carbonyl (C=O) groups excluding carboxylic acids is 1. The van der Waals surface area contributed by atoms with Gasteiger partial charge in [-0.15, -0.1) is 6.58 Å². The molecule has 1 N–H and O–H groups in total. The second-order valence-corrected chi connectivity index (χ2v) is 4.05. The highest BCUT2D eigenvalue weighted by Crippen LogP contribution is 2.30. The van der Waals surface area contributed by atoms with Crippen molar-refractivity contribution in [2.75, 3.05) is 26.3 Å². The van der Waals surface area contributed by atoms with E-state index in [0.29, 0.717) is 43.4 Å². The molecular weight excluding hydrogens is 230 g/mol. The minimum Gasteiger partial charge on any atom is -0.490 e. The summed E-state index contributed by atoms with van der Waals surface area (Å²) >= 11 is 0. The zero-order valence-electron chi connectivity index (χ0n) is 10.3. The summed E-state index contributed by atoms with van der Waals surface area (Å²) in [6.45, 7) is 5.78. The van der Waals surface area contributed by atoms with Gasteiger partial charge in [0.15, 0.2) is 17.3 Å². The molecule has 1 aliphatic heterocycles. The van der Waals surface area contributed by atoms with Gasteiger partial charge in [0.25, 0.3) is 0 Å². The van der Waals surface area contributed by atoms with Gasteiger partial charge in [0.2, 0.25) is 0 Å². The number of hydrogen-bond acceptors (Lipinski definition) is 4. The molecule has 2 rings (SSSR count). The van der Waals surface area contributed by atoms with Crippen LogP contribution in [0.15, 0.2) is 30.9 Å². The van der Waals surface area contributed by atoms with E-state index < -0.39 is 0 Å². The number of ether oxygens (including phenoxy) is 2. The molecule has 4 nitrogen and oxygen atoms in total. The summed E-state index contributed by atoms with van der Waals surface area (Å²) in [6, 6.07) is 5.31. The van der Waals surface area contributed by atoms with Crippen molar-refractivity contribution in [3.63, 3.8) is 0 Å². The summed E-state index contributed by atoms with van der Waals surface area (Å²) in [5, 5.41) is 2.99. The zero-order chi connectivity index (χ0) is 12.8. The van der Waals surface area contributed by atoms with Crippen LogP contribution >= 0.6 is 0 Å². The highest BCUT2D eigenvalue weighted by atomic mass is 16.5. The predicted molar refractivity (Wildman–Crippen MR) is 69.4 cm³/mol. The van der Waals surface area contributed by atoms with E-state index in [1.807, 2.05) is 0 Å². The van der Waals surface area contributed by atoms with Gasteiger partial charge >= 0.3 is 0 Å². The van der Waals surface area contributed by atoms with Crippen molar-refractivity contribution in [2.24, 2.45) is 0 Å². The summed E-state index contributed by atoms with van der Waals surface area (Å²) < 4.78 is 11.1. The Kier molecular flexibility index (Phi) is 4.36. The molecule has 96 valence electrons. The second kappa shape index (κ2) is 6.21. The number of carbonyl (C=O) groups is 1. The molecule has 0 aromatic heterocycles. The van der Waals surface area contributed by atoms with E-state index in [-0.39, 0.29) is 5.78 Å². The molecule has 1 heterocycles. The van der Waals surface area contributed by atoms with Gasteiger partial charge in [-0.05, 0) is 18.2 Å². The summed E-state index contributed by atoms with van der Waals surface area (Å²) in [6.07, 6.45) is 2.58. The molecule has 0 spiro atoms. The van der Waals surface area contributed by atoms with Crippen molar-refractivity contribution in [3.8, 4) is 11.5 Å². The lowest BCUT2D eigenvalue weighted by Gasteiger charge is -2.09. The van der Waals surface area contributed by atoms with E-state index in [9.17, 15) is 4.79 Å². The van der Waals surface area contributed by atoms with E-state index in [4.69, 9.17) is 9.47 Å². The number of rotatable bonds is 5. The van der Waals surface area contributed by atoms with E-state index in [0.717, 1.165) is 6.42 Å². The average molecular weight is 247 g/mol. The third-order valence-corrected chi connectivity index (χ3v) is 2.64.